The fraction of sp³-hybridized carbons (Fsp3) is 0.333. The largest absolute Gasteiger partial charge is 0.444 e. The van der Waals surface area contributed by atoms with E-state index in [4.69, 9.17) is 4.74 Å². The van der Waals surface area contributed by atoms with Crippen molar-refractivity contribution in [2.45, 2.75) is 32.9 Å². The Morgan fingerprint density at radius 3 is 2.07 bits per heavy atom. The van der Waals surface area contributed by atoms with E-state index in [1.54, 1.807) is 25.8 Å². The van der Waals surface area contributed by atoms with Gasteiger partial charge in [0.05, 0.1) is 12.2 Å². The lowest BCUT2D eigenvalue weighted by Gasteiger charge is -2.28. The van der Waals surface area contributed by atoms with E-state index in [9.17, 15) is 9.59 Å². The summed E-state index contributed by atoms with van der Waals surface area (Å²) in [5.41, 5.74) is 4.18. The van der Waals surface area contributed by atoms with Crippen LogP contribution in [-0.2, 0) is 16.1 Å². The van der Waals surface area contributed by atoms with Crippen LogP contribution in [0, 0.1) is 0 Å². The minimum atomic E-state index is -0.606. The van der Waals surface area contributed by atoms with Gasteiger partial charge in [0.15, 0.2) is 0 Å². The van der Waals surface area contributed by atoms with Crippen LogP contribution in [-0.4, -0.2) is 36.1 Å². The molecule has 1 N–H and O–H groups in total. The molecule has 0 heterocycles. The van der Waals surface area contributed by atoms with Crippen molar-refractivity contribution in [2.24, 2.45) is 0 Å². The van der Waals surface area contributed by atoms with Crippen molar-refractivity contribution in [3.8, 4) is 0 Å². The summed E-state index contributed by atoms with van der Waals surface area (Å²) in [4.78, 5) is 25.8. The normalized spacial score (nSPS) is 10.8. The molecule has 6 heteroatoms. The van der Waals surface area contributed by atoms with Crippen molar-refractivity contribution in [1.29, 1.82) is 0 Å². The van der Waals surface area contributed by atoms with Gasteiger partial charge in [-0.1, -0.05) is 48.5 Å². The van der Waals surface area contributed by atoms with E-state index in [2.05, 4.69) is 5.43 Å². The van der Waals surface area contributed by atoms with Crippen LogP contribution in [0.2, 0.25) is 0 Å². The predicted molar refractivity (Wildman–Crippen MR) is 106 cm³/mol. The average molecular weight is 369 g/mol. The third kappa shape index (κ3) is 7.01. The Morgan fingerprint density at radius 1 is 0.963 bits per heavy atom. The van der Waals surface area contributed by atoms with E-state index in [0.29, 0.717) is 6.54 Å². The highest BCUT2D eigenvalue weighted by molar-refractivity contribution is 5.83. The van der Waals surface area contributed by atoms with Gasteiger partial charge in [0.25, 0.3) is 5.91 Å². The van der Waals surface area contributed by atoms with Gasteiger partial charge in [-0.3, -0.25) is 15.2 Å². The molecule has 2 rings (SSSR count). The van der Waals surface area contributed by atoms with Gasteiger partial charge in [-0.15, -0.1) is 0 Å². The van der Waals surface area contributed by atoms with Crippen molar-refractivity contribution < 1.29 is 14.3 Å². The van der Waals surface area contributed by atoms with Gasteiger partial charge < -0.3 is 9.64 Å². The summed E-state index contributed by atoms with van der Waals surface area (Å²) >= 11 is 0. The number of nitrogens with one attached hydrogen (secondary N) is 1. The second-order valence-electron chi connectivity index (χ2n) is 7.28. The van der Waals surface area contributed by atoms with Gasteiger partial charge in [-0.05, 0) is 38.5 Å². The van der Waals surface area contributed by atoms with Crippen molar-refractivity contribution in [2.75, 3.05) is 18.6 Å². The molecule has 0 aliphatic carbocycles. The minimum absolute atomic E-state index is 0.104. The number of hydrogen-bond donors (Lipinski definition) is 1. The third-order valence-corrected chi connectivity index (χ3v) is 3.60. The highest BCUT2D eigenvalue weighted by atomic mass is 16.6. The average Bonchev–Trinajstić information content (AvgIpc) is 2.61. The summed E-state index contributed by atoms with van der Waals surface area (Å²) in [6.45, 7) is 5.77. The third-order valence-electron chi connectivity index (χ3n) is 3.60. The van der Waals surface area contributed by atoms with E-state index in [0.717, 1.165) is 11.3 Å². The van der Waals surface area contributed by atoms with E-state index < -0.39 is 11.7 Å². The number of benzene rings is 2. The number of carbonyl (C=O) groups is 2. The first-order valence-electron chi connectivity index (χ1n) is 8.85. The number of nitrogens with zero attached hydrogens (tertiary/aromatic N) is 2. The molecule has 2 aromatic rings. The first-order valence-corrected chi connectivity index (χ1v) is 8.85. The molecule has 0 saturated heterocycles. The molecule has 144 valence electrons. The number of amides is 2. The highest BCUT2D eigenvalue weighted by Crippen LogP contribution is 2.15. The number of ether oxygens (including phenoxy) is 1. The fourth-order valence-corrected chi connectivity index (χ4v) is 2.37. The number of para-hydroxylation sites is 1. The quantitative estimate of drug-likeness (QED) is 0.791. The SMILES string of the molecule is CN(CC(=O)NN(Cc1ccccc1)c1ccccc1)C(=O)OC(C)(C)C. The lowest BCUT2D eigenvalue weighted by molar-refractivity contribution is -0.122. The number of carbonyl (C=O) groups excluding carboxylic acids is 2. The predicted octanol–water partition coefficient (Wildman–Crippen LogP) is 3.59. The van der Waals surface area contributed by atoms with Crippen LogP contribution in [0.15, 0.2) is 60.7 Å². The molecule has 0 aliphatic rings. The lowest BCUT2D eigenvalue weighted by atomic mass is 10.2. The topological polar surface area (TPSA) is 61.9 Å². The smallest absolute Gasteiger partial charge is 0.410 e. The van der Waals surface area contributed by atoms with Crippen LogP contribution in [0.25, 0.3) is 0 Å². The summed E-state index contributed by atoms with van der Waals surface area (Å²) in [6, 6.07) is 19.4. The molecule has 0 bridgehead atoms. The first kappa shape index (κ1) is 20.3. The Labute approximate surface area is 160 Å². The number of anilines is 1. The zero-order chi connectivity index (χ0) is 19.9. The van der Waals surface area contributed by atoms with E-state index in [-0.39, 0.29) is 12.5 Å². The van der Waals surface area contributed by atoms with Gasteiger partial charge in [0.2, 0.25) is 0 Å². The van der Waals surface area contributed by atoms with Crippen LogP contribution in [0.5, 0.6) is 0 Å². The van der Waals surface area contributed by atoms with Gasteiger partial charge in [-0.2, -0.15) is 0 Å². The van der Waals surface area contributed by atoms with Gasteiger partial charge in [-0.25, -0.2) is 4.79 Å². The zero-order valence-corrected chi connectivity index (χ0v) is 16.3. The maximum absolute atomic E-state index is 12.5. The summed E-state index contributed by atoms with van der Waals surface area (Å²) in [6.07, 6.45) is -0.535. The zero-order valence-electron chi connectivity index (χ0n) is 16.3. The summed E-state index contributed by atoms with van der Waals surface area (Å²) in [7, 11) is 1.54. The van der Waals surface area contributed by atoms with Crippen LogP contribution in [0.4, 0.5) is 10.5 Å². The molecule has 0 atom stereocenters. The van der Waals surface area contributed by atoms with Crippen molar-refractivity contribution >= 4 is 17.7 Å². The van der Waals surface area contributed by atoms with Crippen molar-refractivity contribution in [3.63, 3.8) is 0 Å². The standard InChI is InChI=1S/C21H27N3O3/c1-21(2,3)27-20(26)23(4)16-19(25)22-24(18-13-9-6-10-14-18)15-17-11-7-5-8-12-17/h5-14H,15-16H2,1-4H3,(H,22,25). The Morgan fingerprint density at radius 2 is 1.52 bits per heavy atom. The Kier molecular flexibility index (Phi) is 6.82. The molecule has 6 nitrogen and oxygen atoms in total. The van der Waals surface area contributed by atoms with Gasteiger partial charge >= 0.3 is 6.09 Å². The van der Waals surface area contributed by atoms with E-state index >= 15 is 0 Å². The molecule has 27 heavy (non-hydrogen) atoms. The molecule has 0 fully saturated rings. The molecular formula is C21H27N3O3. The first-order chi connectivity index (χ1) is 12.7. The van der Waals surface area contributed by atoms with Crippen LogP contribution < -0.4 is 10.4 Å². The van der Waals surface area contributed by atoms with E-state index in [1.165, 1.54) is 11.9 Å². The molecule has 0 saturated carbocycles. The maximum atomic E-state index is 12.5. The van der Waals surface area contributed by atoms with Crippen molar-refractivity contribution in [1.82, 2.24) is 10.3 Å². The highest BCUT2D eigenvalue weighted by Gasteiger charge is 2.22. The number of hydrazine groups is 1. The maximum Gasteiger partial charge on any atom is 0.410 e. The fourth-order valence-electron chi connectivity index (χ4n) is 2.37. The minimum Gasteiger partial charge on any atom is -0.444 e. The van der Waals surface area contributed by atoms with E-state index in [1.807, 2.05) is 60.7 Å². The van der Waals surface area contributed by atoms with Crippen LogP contribution >= 0.6 is 0 Å². The summed E-state index contributed by atoms with van der Waals surface area (Å²) in [5.74, 6) is -0.303. The molecule has 0 aromatic heterocycles. The summed E-state index contributed by atoms with van der Waals surface area (Å²) < 4.78 is 5.28. The second-order valence-corrected chi connectivity index (χ2v) is 7.28. The number of likely N-dealkylation sites (N-methyl/N-ethyl adjacent to an activating group) is 1. The molecule has 0 radical (unpaired) electrons. The molecular weight excluding hydrogens is 342 g/mol. The number of rotatable bonds is 6. The Balaban J connectivity index is 2.04. The molecule has 2 amide bonds. The Bertz CT molecular complexity index is 742. The van der Waals surface area contributed by atoms with Gasteiger partial charge in [0, 0.05) is 7.05 Å². The molecule has 0 aliphatic heterocycles. The van der Waals surface area contributed by atoms with Crippen LogP contribution in [0.1, 0.15) is 26.3 Å². The molecule has 2 aromatic carbocycles. The summed E-state index contributed by atoms with van der Waals surface area (Å²) in [5, 5.41) is 1.76. The van der Waals surface area contributed by atoms with Gasteiger partial charge in [0.1, 0.15) is 12.1 Å². The van der Waals surface area contributed by atoms with Crippen LogP contribution in [0.3, 0.4) is 0 Å². The lowest BCUT2D eigenvalue weighted by Crippen LogP contribution is -2.47. The second kappa shape index (κ2) is 9.07. The monoisotopic (exact) mass is 369 g/mol. The molecule has 0 spiro atoms. The van der Waals surface area contributed by atoms with Crippen molar-refractivity contribution in [3.05, 3.63) is 66.2 Å². The Hall–Kier alpha value is -3.02. The molecule has 0 unspecified atom stereocenters. The number of hydrogen-bond acceptors (Lipinski definition) is 4.